The second kappa shape index (κ2) is 11.0. The van der Waals surface area contributed by atoms with Crippen LogP contribution < -0.4 is 4.90 Å². The van der Waals surface area contributed by atoms with E-state index >= 15 is 0 Å². The molecule has 2 atom stereocenters. The van der Waals surface area contributed by atoms with Crippen molar-refractivity contribution in [3.05, 3.63) is 24.2 Å². The topological polar surface area (TPSA) is 125 Å². The number of fused-ring (bicyclic) bond motifs is 1. The minimum Gasteiger partial charge on any atom is -0.444 e. The molecule has 12 nitrogen and oxygen atoms in total. The van der Waals surface area contributed by atoms with Crippen molar-refractivity contribution in [3.8, 4) is 0 Å². The van der Waals surface area contributed by atoms with Gasteiger partial charge >= 0.3 is 18.3 Å². The first-order valence-corrected chi connectivity index (χ1v) is 13.0. The minimum absolute atomic E-state index is 0.0233. The third-order valence-electron chi connectivity index (χ3n) is 5.64. The van der Waals surface area contributed by atoms with Gasteiger partial charge in [0.1, 0.15) is 28.6 Å². The third kappa shape index (κ3) is 7.59. The van der Waals surface area contributed by atoms with E-state index in [1.165, 1.54) is 6.33 Å². The average molecular weight is 548 g/mol. The molecule has 0 N–H and O–H groups in total. The summed E-state index contributed by atoms with van der Waals surface area (Å²) in [4.78, 5) is 46.1. The van der Waals surface area contributed by atoms with Crippen LogP contribution in [0.4, 0.5) is 20.2 Å². The van der Waals surface area contributed by atoms with Crippen molar-refractivity contribution in [2.24, 2.45) is 0 Å². The number of imide groups is 1. The summed E-state index contributed by atoms with van der Waals surface area (Å²) in [6, 6.07) is 3.39. The first-order valence-electron chi connectivity index (χ1n) is 13.0. The Morgan fingerprint density at radius 3 is 2.00 bits per heavy atom. The van der Waals surface area contributed by atoms with Crippen molar-refractivity contribution in [1.82, 2.24) is 19.5 Å². The van der Waals surface area contributed by atoms with E-state index < -0.39 is 35.1 Å². The Labute approximate surface area is 229 Å². The first-order chi connectivity index (χ1) is 17.9. The maximum Gasteiger partial charge on any atom is 0.425 e. The molecular formula is C27H41N5O7. The zero-order chi connectivity index (χ0) is 29.3. The van der Waals surface area contributed by atoms with Gasteiger partial charge in [0, 0.05) is 25.3 Å². The number of anilines is 1. The van der Waals surface area contributed by atoms with Crippen LogP contribution in [0.3, 0.4) is 0 Å². The third-order valence-corrected chi connectivity index (χ3v) is 5.64. The molecule has 0 bridgehead atoms. The lowest BCUT2D eigenvalue weighted by Gasteiger charge is -2.28. The van der Waals surface area contributed by atoms with Gasteiger partial charge in [-0.05, 0) is 80.9 Å². The van der Waals surface area contributed by atoms with Crippen molar-refractivity contribution >= 4 is 29.6 Å². The van der Waals surface area contributed by atoms with Crippen molar-refractivity contribution in [1.29, 1.82) is 0 Å². The highest BCUT2D eigenvalue weighted by atomic mass is 16.6. The molecule has 2 aromatic heterocycles. The highest BCUT2D eigenvalue weighted by Gasteiger charge is 2.40. The molecule has 1 aliphatic rings. The Kier molecular flexibility index (Phi) is 8.49. The fourth-order valence-corrected chi connectivity index (χ4v) is 4.31. The molecule has 3 rings (SSSR count). The molecule has 3 heterocycles. The molecule has 3 amide bonds. The van der Waals surface area contributed by atoms with E-state index in [9.17, 15) is 14.4 Å². The van der Waals surface area contributed by atoms with Gasteiger partial charge in [-0.2, -0.15) is 10.00 Å². The van der Waals surface area contributed by atoms with Gasteiger partial charge in [0.2, 0.25) is 0 Å². The molecule has 0 aliphatic carbocycles. The fourth-order valence-electron chi connectivity index (χ4n) is 4.31. The summed E-state index contributed by atoms with van der Waals surface area (Å²) >= 11 is 0. The molecule has 216 valence electrons. The predicted molar refractivity (Wildman–Crippen MR) is 144 cm³/mol. The Hall–Kier alpha value is -3.41. The fraction of sp³-hybridized carbons (Fsp3) is 0.667. The maximum atomic E-state index is 13.2. The standard InChI is InChI=1S/C27H41N5O7/c1-25(2,3)37-22(33)30-14-17(13-18(30)15-36-10)19-11-12-20-21(28-16-29-32(19)20)31(23(34)38-26(4,5)6)24(35)39-27(7,8)9/h11-12,16-18H,13-15H2,1-10H3. The summed E-state index contributed by atoms with van der Waals surface area (Å²) in [5, 5.41) is 4.41. The molecule has 1 aliphatic heterocycles. The lowest BCUT2D eigenvalue weighted by atomic mass is 10.0. The number of methoxy groups -OCH3 is 1. The number of likely N-dealkylation sites (tertiary alicyclic amines) is 1. The van der Waals surface area contributed by atoms with Gasteiger partial charge in [0.15, 0.2) is 5.82 Å². The molecule has 12 heteroatoms. The highest BCUT2D eigenvalue weighted by Crippen LogP contribution is 2.35. The summed E-state index contributed by atoms with van der Waals surface area (Å²) in [6.07, 6.45) is -0.375. The summed E-state index contributed by atoms with van der Waals surface area (Å²) in [5.41, 5.74) is -1.17. The van der Waals surface area contributed by atoms with E-state index in [2.05, 4.69) is 10.1 Å². The van der Waals surface area contributed by atoms with Crippen LogP contribution in [0.2, 0.25) is 0 Å². The van der Waals surface area contributed by atoms with Gasteiger partial charge in [0.25, 0.3) is 0 Å². The highest BCUT2D eigenvalue weighted by molar-refractivity contribution is 6.11. The normalized spacial score (nSPS) is 18.3. The van der Waals surface area contributed by atoms with Gasteiger partial charge in [-0.15, -0.1) is 0 Å². The molecule has 0 saturated carbocycles. The second-order valence-corrected chi connectivity index (χ2v) is 12.6. The molecule has 2 aromatic rings. The SMILES string of the molecule is COCC1CC(c2ccc3c(N(C(=O)OC(C)(C)C)C(=O)OC(C)(C)C)ncnn23)CN1C(=O)OC(C)(C)C. The number of rotatable bonds is 4. The van der Waals surface area contributed by atoms with E-state index in [-0.39, 0.29) is 17.8 Å². The number of hydrogen-bond donors (Lipinski definition) is 0. The van der Waals surface area contributed by atoms with Crippen molar-refractivity contribution < 1.29 is 33.3 Å². The Morgan fingerprint density at radius 1 is 0.923 bits per heavy atom. The first kappa shape index (κ1) is 30.1. The smallest absolute Gasteiger partial charge is 0.425 e. The van der Waals surface area contributed by atoms with E-state index in [0.29, 0.717) is 25.1 Å². The summed E-state index contributed by atoms with van der Waals surface area (Å²) in [7, 11) is 1.59. The van der Waals surface area contributed by atoms with E-state index in [0.717, 1.165) is 10.6 Å². The Morgan fingerprint density at radius 2 is 1.49 bits per heavy atom. The van der Waals surface area contributed by atoms with Gasteiger partial charge in [-0.1, -0.05) is 0 Å². The zero-order valence-electron chi connectivity index (χ0n) is 24.6. The number of carbonyl (C=O) groups is 3. The quantitative estimate of drug-likeness (QED) is 0.478. The second-order valence-electron chi connectivity index (χ2n) is 12.6. The number of hydrogen-bond acceptors (Lipinski definition) is 9. The van der Waals surface area contributed by atoms with Gasteiger partial charge in [-0.3, -0.25) is 0 Å². The summed E-state index contributed by atoms with van der Waals surface area (Å²) in [6.45, 7) is 16.4. The lowest BCUT2D eigenvalue weighted by Crippen LogP contribution is -2.44. The number of amides is 3. The molecule has 1 saturated heterocycles. The minimum atomic E-state index is -0.919. The summed E-state index contributed by atoms with van der Waals surface area (Å²) in [5.74, 6) is -0.0883. The molecular weight excluding hydrogens is 506 g/mol. The maximum absolute atomic E-state index is 13.2. The molecule has 2 unspecified atom stereocenters. The summed E-state index contributed by atoms with van der Waals surface area (Å²) < 4.78 is 23.6. The molecule has 1 fully saturated rings. The predicted octanol–water partition coefficient (Wildman–Crippen LogP) is 5.15. The Balaban J connectivity index is 2.01. The van der Waals surface area contributed by atoms with Crippen molar-refractivity contribution in [2.75, 3.05) is 25.2 Å². The van der Waals surface area contributed by atoms with Crippen molar-refractivity contribution in [3.63, 3.8) is 0 Å². The average Bonchev–Trinajstić information content (AvgIpc) is 3.35. The van der Waals surface area contributed by atoms with Crippen LogP contribution in [-0.2, 0) is 18.9 Å². The number of nitrogens with zero attached hydrogens (tertiary/aromatic N) is 5. The van der Waals surface area contributed by atoms with Gasteiger partial charge in [-0.25, -0.2) is 23.9 Å². The molecule has 0 aromatic carbocycles. The van der Waals surface area contributed by atoms with Crippen LogP contribution in [0.25, 0.3) is 5.52 Å². The van der Waals surface area contributed by atoms with Crippen molar-refractivity contribution in [2.45, 2.75) is 97.5 Å². The van der Waals surface area contributed by atoms with E-state index in [4.69, 9.17) is 18.9 Å². The molecule has 39 heavy (non-hydrogen) atoms. The van der Waals surface area contributed by atoms with Crippen LogP contribution in [0, 0.1) is 0 Å². The molecule has 0 spiro atoms. The number of ether oxygens (including phenoxy) is 4. The Bertz CT molecular complexity index is 1180. The van der Waals surface area contributed by atoms with Crippen LogP contribution in [-0.4, -0.2) is 80.9 Å². The number of aromatic nitrogens is 3. The lowest BCUT2D eigenvalue weighted by molar-refractivity contribution is 0.0146. The van der Waals surface area contributed by atoms with E-state index in [1.54, 1.807) is 64.1 Å². The van der Waals surface area contributed by atoms with Crippen LogP contribution in [0.15, 0.2) is 18.5 Å². The monoisotopic (exact) mass is 547 g/mol. The van der Waals surface area contributed by atoms with E-state index in [1.807, 2.05) is 26.8 Å². The van der Waals surface area contributed by atoms with Crippen LogP contribution in [0.1, 0.15) is 80.3 Å². The number of carbonyl (C=O) groups excluding carboxylic acids is 3. The van der Waals surface area contributed by atoms with Crippen LogP contribution >= 0.6 is 0 Å². The van der Waals surface area contributed by atoms with Gasteiger partial charge < -0.3 is 23.8 Å². The van der Waals surface area contributed by atoms with Crippen LogP contribution in [0.5, 0.6) is 0 Å². The molecule has 0 radical (unpaired) electrons. The zero-order valence-corrected chi connectivity index (χ0v) is 24.6. The van der Waals surface area contributed by atoms with Gasteiger partial charge in [0.05, 0.1) is 12.6 Å². The largest absolute Gasteiger partial charge is 0.444 e.